The maximum Gasteiger partial charge on any atom is 0.347 e. The van der Waals surface area contributed by atoms with Gasteiger partial charge in [0.25, 0.3) is 0 Å². The molecule has 1 N–H and O–H groups in total. The van der Waals surface area contributed by atoms with Crippen molar-refractivity contribution >= 4 is 54.1 Å². The Bertz CT molecular complexity index is 1580. The standard InChI is InChI=1S/C41H58Cl2O6P2/c1-3-48-41(45)28(2)49-40-34(43)25-27-36(51(47,31-20-12-6-13-21-31)32-22-14-7-15-23-32)38(40)37-35(26-24-33(42)39(37)44)50(46,29-16-8-4-9-17-29)30-18-10-5-11-19-30/h24-32,44H,3-23H2,1-2H3/t28-/m0/s1. The number of hydrogen-bond acceptors (Lipinski definition) is 6. The second kappa shape index (κ2) is 17.3. The second-order valence-corrected chi connectivity index (χ2v) is 23.2. The van der Waals surface area contributed by atoms with E-state index in [9.17, 15) is 9.90 Å². The quantitative estimate of drug-likeness (QED) is 0.180. The Kier molecular flexibility index (Phi) is 13.3. The van der Waals surface area contributed by atoms with Crippen LogP contribution in [0.2, 0.25) is 10.0 Å². The summed E-state index contributed by atoms with van der Waals surface area (Å²) in [6.45, 7) is 3.57. The zero-order valence-corrected chi connectivity index (χ0v) is 34.0. The number of benzene rings is 2. The molecule has 2 aromatic carbocycles. The lowest BCUT2D eigenvalue weighted by molar-refractivity contribution is -0.150. The Morgan fingerprint density at radius 1 is 0.667 bits per heavy atom. The molecule has 0 bridgehead atoms. The van der Waals surface area contributed by atoms with E-state index in [1.807, 2.05) is 12.1 Å². The molecular weight excluding hydrogens is 721 g/mol. The lowest BCUT2D eigenvalue weighted by Crippen LogP contribution is -2.34. The topological polar surface area (TPSA) is 89.9 Å². The molecule has 4 aliphatic carbocycles. The summed E-state index contributed by atoms with van der Waals surface area (Å²) < 4.78 is 44.8. The van der Waals surface area contributed by atoms with Gasteiger partial charge in [-0.05, 0) is 89.5 Å². The number of phenolic OH excluding ortho intramolecular Hbond substituents is 1. The van der Waals surface area contributed by atoms with Crippen LogP contribution in [-0.2, 0) is 18.7 Å². The van der Waals surface area contributed by atoms with Gasteiger partial charge in [0.15, 0.2) is 6.10 Å². The minimum Gasteiger partial charge on any atom is -0.506 e. The van der Waals surface area contributed by atoms with Gasteiger partial charge in [0.05, 0.1) is 16.7 Å². The molecule has 1 atom stereocenters. The number of hydrogen-bond donors (Lipinski definition) is 1. The molecular formula is C41H58Cl2O6P2. The molecule has 0 aliphatic heterocycles. The number of rotatable bonds is 11. The van der Waals surface area contributed by atoms with E-state index >= 15 is 9.13 Å². The van der Waals surface area contributed by atoms with E-state index in [1.165, 1.54) is 0 Å². The fraction of sp³-hybridized carbons (Fsp3) is 0.683. The Hall–Kier alpha value is -1.45. The van der Waals surface area contributed by atoms with Crippen molar-refractivity contribution in [3.63, 3.8) is 0 Å². The third-order valence-corrected chi connectivity index (χ3v) is 21.8. The Balaban J connectivity index is 1.68. The summed E-state index contributed by atoms with van der Waals surface area (Å²) in [5.74, 6) is -0.547. The van der Waals surface area contributed by atoms with Crippen LogP contribution in [0.25, 0.3) is 11.1 Å². The van der Waals surface area contributed by atoms with Gasteiger partial charge in [-0.1, -0.05) is 100 Å². The van der Waals surface area contributed by atoms with Crippen LogP contribution in [0.5, 0.6) is 11.5 Å². The van der Waals surface area contributed by atoms with Crippen LogP contribution >= 0.6 is 37.5 Å². The first-order chi connectivity index (χ1) is 24.6. The van der Waals surface area contributed by atoms with Gasteiger partial charge in [0.2, 0.25) is 0 Å². The number of esters is 1. The molecule has 2 aromatic rings. The molecule has 6 nitrogen and oxygen atoms in total. The molecule has 4 saturated carbocycles. The monoisotopic (exact) mass is 778 g/mol. The summed E-state index contributed by atoms with van der Waals surface area (Å²) in [4.78, 5) is 13.1. The molecule has 0 unspecified atom stereocenters. The minimum absolute atomic E-state index is 0.0115. The zero-order valence-electron chi connectivity index (χ0n) is 30.7. The van der Waals surface area contributed by atoms with E-state index in [2.05, 4.69) is 0 Å². The molecule has 0 amide bonds. The average molecular weight is 780 g/mol. The number of phenols is 1. The van der Waals surface area contributed by atoms with Gasteiger partial charge in [-0.15, -0.1) is 0 Å². The van der Waals surface area contributed by atoms with Gasteiger partial charge in [0.1, 0.15) is 25.8 Å². The van der Waals surface area contributed by atoms with Crippen molar-refractivity contribution in [3.05, 3.63) is 34.3 Å². The fourth-order valence-electron chi connectivity index (χ4n) is 10.0. The van der Waals surface area contributed by atoms with Crippen molar-refractivity contribution in [3.8, 4) is 22.6 Å². The van der Waals surface area contributed by atoms with Crippen molar-refractivity contribution in [1.29, 1.82) is 0 Å². The van der Waals surface area contributed by atoms with Crippen molar-refractivity contribution in [2.45, 2.75) is 171 Å². The zero-order chi connectivity index (χ0) is 36.2. The third kappa shape index (κ3) is 7.88. The molecule has 0 heterocycles. The van der Waals surface area contributed by atoms with Crippen molar-refractivity contribution in [2.75, 3.05) is 6.61 Å². The largest absolute Gasteiger partial charge is 0.506 e. The summed E-state index contributed by atoms with van der Waals surface area (Å²) in [6.07, 6.45) is 18.8. The number of halogens is 2. The summed E-state index contributed by atoms with van der Waals surface area (Å²) in [5.41, 5.74) is 0.707. The first kappa shape index (κ1) is 39.2. The second-order valence-electron chi connectivity index (χ2n) is 15.7. The van der Waals surface area contributed by atoms with Crippen LogP contribution in [0.3, 0.4) is 0 Å². The van der Waals surface area contributed by atoms with Gasteiger partial charge >= 0.3 is 5.97 Å². The Labute approximate surface area is 315 Å². The third-order valence-electron chi connectivity index (χ3n) is 12.6. The van der Waals surface area contributed by atoms with Crippen LogP contribution in [0, 0.1) is 0 Å². The fourth-order valence-corrected chi connectivity index (χ4v) is 19.4. The summed E-state index contributed by atoms with van der Waals surface area (Å²) in [6, 6.07) is 7.22. The van der Waals surface area contributed by atoms with E-state index < -0.39 is 26.4 Å². The highest BCUT2D eigenvalue weighted by Crippen LogP contribution is 2.67. The van der Waals surface area contributed by atoms with Crippen LogP contribution in [0.15, 0.2) is 24.3 Å². The summed E-state index contributed by atoms with van der Waals surface area (Å²) in [5, 5.41) is 13.9. The van der Waals surface area contributed by atoms with Gasteiger partial charge < -0.3 is 23.7 Å². The molecule has 0 spiro atoms. The number of ether oxygens (including phenoxy) is 2. The molecule has 6 rings (SSSR count). The average Bonchev–Trinajstić information content (AvgIpc) is 3.17. The van der Waals surface area contributed by atoms with Crippen LogP contribution < -0.4 is 15.3 Å². The van der Waals surface area contributed by atoms with E-state index in [-0.39, 0.29) is 50.8 Å². The van der Waals surface area contributed by atoms with Crippen molar-refractivity contribution in [1.82, 2.24) is 0 Å². The lowest BCUT2D eigenvalue weighted by atomic mass is 9.99. The van der Waals surface area contributed by atoms with E-state index in [1.54, 1.807) is 26.0 Å². The first-order valence-electron chi connectivity index (χ1n) is 20.0. The van der Waals surface area contributed by atoms with Crippen molar-refractivity contribution < 1.29 is 28.5 Å². The molecule has 4 fully saturated rings. The molecule has 10 heteroatoms. The highest BCUT2D eigenvalue weighted by Gasteiger charge is 2.48. The summed E-state index contributed by atoms with van der Waals surface area (Å²) >= 11 is 14.0. The molecule has 0 radical (unpaired) electrons. The predicted molar refractivity (Wildman–Crippen MR) is 212 cm³/mol. The smallest absolute Gasteiger partial charge is 0.347 e. The van der Waals surface area contributed by atoms with Crippen LogP contribution in [0.4, 0.5) is 0 Å². The van der Waals surface area contributed by atoms with E-state index in [0.29, 0.717) is 21.7 Å². The van der Waals surface area contributed by atoms with Gasteiger partial charge in [-0.2, -0.15) is 0 Å². The van der Waals surface area contributed by atoms with Gasteiger partial charge in [0, 0.05) is 44.4 Å². The highest BCUT2D eigenvalue weighted by molar-refractivity contribution is 7.74. The molecule has 51 heavy (non-hydrogen) atoms. The minimum atomic E-state index is -3.22. The number of carbonyl (C=O) groups excluding carboxylic acids is 1. The van der Waals surface area contributed by atoms with Gasteiger partial charge in [-0.3, -0.25) is 0 Å². The Morgan fingerprint density at radius 3 is 1.43 bits per heavy atom. The lowest BCUT2D eigenvalue weighted by Gasteiger charge is -2.41. The molecule has 4 aliphatic rings. The van der Waals surface area contributed by atoms with Gasteiger partial charge in [-0.25, -0.2) is 4.79 Å². The van der Waals surface area contributed by atoms with Crippen LogP contribution in [-0.4, -0.2) is 46.4 Å². The maximum absolute atomic E-state index is 16.5. The van der Waals surface area contributed by atoms with Crippen LogP contribution in [0.1, 0.15) is 142 Å². The molecule has 0 aromatic heterocycles. The first-order valence-corrected chi connectivity index (χ1v) is 24.4. The van der Waals surface area contributed by atoms with E-state index in [0.717, 1.165) is 128 Å². The van der Waals surface area contributed by atoms with E-state index in [4.69, 9.17) is 32.7 Å². The maximum atomic E-state index is 16.5. The normalized spacial score (nSPS) is 21.3. The predicted octanol–water partition coefficient (Wildman–Crippen LogP) is 12.0. The molecule has 282 valence electrons. The number of aromatic hydroxyl groups is 1. The molecule has 0 saturated heterocycles. The van der Waals surface area contributed by atoms with Crippen molar-refractivity contribution in [2.24, 2.45) is 0 Å². The SMILES string of the molecule is CCOC(=O)[C@H](C)Oc1c(Cl)ccc(P(=O)(C2CCCCC2)C2CCCCC2)c1-c1c(P(=O)(C2CCCCC2)C2CCCCC2)ccc(Cl)c1O. The Morgan fingerprint density at radius 2 is 1.04 bits per heavy atom. The highest BCUT2D eigenvalue weighted by atomic mass is 35.5. The summed E-state index contributed by atoms with van der Waals surface area (Å²) in [7, 11) is -6.43. The number of carbonyl (C=O) groups is 1.